The number of anilines is 2. The molecule has 1 aliphatic carbocycles. The van der Waals surface area contributed by atoms with Crippen molar-refractivity contribution in [2.24, 2.45) is 7.05 Å². The van der Waals surface area contributed by atoms with E-state index in [-0.39, 0.29) is 39.9 Å². The Bertz CT molecular complexity index is 2000. The number of fused-ring (bicyclic) bond motifs is 1. The molecule has 2 aromatic heterocycles. The third kappa shape index (κ3) is 5.37. The van der Waals surface area contributed by atoms with E-state index in [1.165, 1.54) is 19.8 Å². The fourth-order valence-electron chi connectivity index (χ4n) is 5.74. The number of aromatic nitrogens is 3. The summed E-state index contributed by atoms with van der Waals surface area (Å²) in [5, 5.41) is 3.05. The quantitative estimate of drug-likeness (QED) is 0.330. The minimum Gasteiger partial charge on any atom is -0.347 e. The molecule has 4 aromatic rings. The number of nitrogens with zero attached hydrogens (tertiary/aromatic N) is 4. The van der Waals surface area contributed by atoms with Crippen LogP contribution in [0.1, 0.15) is 81.9 Å². The molecule has 232 valence electrons. The second-order valence-corrected chi connectivity index (χ2v) is 13.8. The Morgan fingerprint density at radius 3 is 2.18 bits per heavy atom. The molecular weight excluding hydrogens is 561 g/mol. The van der Waals surface area contributed by atoms with Gasteiger partial charge in [-0.2, -0.15) is 0 Å². The zero-order chi connectivity index (χ0) is 32.5. The van der Waals surface area contributed by atoms with Crippen molar-refractivity contribution in [3.63, 3.8) is 0 Å². The average molecular weight is 602 g/mol. The number of benzene rings is 2. The molecule has 10 heteroatoms. The van der Waals surface area contributed by atoms with Gasteiger partial charge in [0.15, 0.2) is 0 Å². The first-order chi connectivity index (χ1) is 20.4. The number of pyridine rings is 1. The summed E-state index contributed by atoms with van der Waals surface area (Å²) in [4.78, 5) is 57.4. The van der Waals surface area contributed by atoms with Crippen LogP contribution in [0.5, 0.6) is 0 Å². The summed E-state index contributed by atoms with van der Waals surface area (Å²) >= 11 is 0. The van der Waals surface area contributed by atoms with E-state index in [2.05, 4.69) is 5.32 Å². The van der Waals surface area contributed by atoms with Crippen LogP contribution in [0.2, 0.25) is 0 Å². The largest absolute Gasteiger partial charge is 0.347 e. The van der Waals surface area contributed by atoms with Gasteiger partial charge in [0.2, 0.25) is 0 Å². The number of hydrogen-bond donors (Lipinski definition) is 1. The highest BCUT2D eigenvalue weighted by atomic mass is 19.1. The second-order valence-electron chi connectivity index (χ2n) is 13.8. The molecular formula is C34H40FN5O4. The number of nitrogens with one attached hydrogen (secondary N) is 1. The number of hydrogen-bond acceptors (Lipinski definition) is 5. The van der Waals surface area contributed by atoms with Crippen LogP contribution < -0.4 is 27.0 Å². The van der Waals surface area contributed by atoms with E-state index in [0.29, 0.717) is 24.1 Å². The SMILES string of the molecule is Cc1ccc(N(c2c3c(=O)n(C4CC4)c(=O)n(-c4cccc(C(=O)NC(C)(C)C)c4)c3c(C)c(=O)n2C)C(C)(C)C)c(F)c1. The van der Waals surface area contributed by atoms with Crippen LogP contribution in [0.25, 0.3) is 16.6 Å². The Labute approximate surface area is 255 Å². The maximum Gasteiger partial charge on any atom is 0.336 e. The van der Waals surface area contributed by atoms with Crippen LogP contribution in [0.15, 0.2) is 56.8 Å². The lowest BCUT2D eigenvalue weighted by atomic mass is 10.0. The van der Waals surface area contributed by atoms with Crippen LogP contribution in [-0.4, -0.2) is 30.7 Å². The van der Waals surface area contributed by atoms with Crippen LogP contribution in [0.3, 0.4) is 0 Å². The standard InChI is InChI=1S/C34H40FN5O4/c1-19-13-16-25(24(35)17-19)40(34(6,7)8)29-26-27(20(2)30(42)37(29)9)38(32(44)39(31(26)43)22-14-15-22)23-12-10-11-21(18-23)28(41)36-33(3,4)5/h10-13,16-18,22H,14-15H2,1-9H3,(H,36,41). The molecule has 9 nitrogen and oxygen atoms in total. The van der Waals surface area contributed by atoms with E-state index in [9.17, 15) is 19.2 Å². The van der Waals surface area contributed by atoms with Crippen molar-refractivity contribution >= 4 is 28.3 Å². The Morgan fingerprint density at radius 2 is 1.61 bits per heavy atom. The minimum atomic E-state index is -0.800. The van der Waals surface area contributed by atoms with Crippen LogP contribution in [-0.2, 0) is 7.05 Å². The van der Waals surface area contributed by atoms with Gasteiger partial charge in [-0.05, 0) is 104 Å². The molecule has 44 heavy (non-hydrogen) atoms. The summed E-state index contributed by atoms with van der Waals surface area (Å²) < 4.78 is 19.6. The van der Waals surface area contributed by atoms with Gasteiger partial charge in [0.05, 0.1) is 16.9 Å². The van der Waals surface area contributed by atoms with E-state index in [1.54, 1.807) is 62.2 Å². The maximum absolute atomic E-state index is 15.7. The summed E-state index contributed by atoms with van der Waals surface area (Å²) in [6.45, 7) is 14.6. The molecule has 0 bridgehead atoms. The fraction of sp³-hybridized carbons (Fsp3) is 0.412. The predicted molar refractivity (Wildman–Crippen MR) is 172 cm³/mol. The molecule has 1 aliphatic rings. The summed E-state index contributed by atoms with van der Waals surface area (Å²) in [6, 6.07) is 11.1. The molecule has 5 rings (SSSR count). The fourth-order valence-corrected chi connectivity index (χ4v) is 5.74. The summed E-state index contributed by atoms with van der Waals surface area (Å²) in [5.41, 5.74) is -0.972. The van der Waals surface area contributed by atoms with Gasteiger partial charge in [-0.15, -0.1) is 0 Å². The Kier molecular flexibility index (Phi) is 7.47. The highest BCUT2D eigenvalue weighted by Gasteiger charge is 2.36. The molecule has 0 atom stereocenters. The molecule has 1 N–H and O–H groups in total. The number of aryl methyl sites for hydroxylation is 2. The van der Waals surface area contributed by atoms with Crippen molar-refractivity contribution < 1.29 is 9.18 Å². The van der Waals surface area contributed by atoms with Gasteiger partial charge in [-0.3, -0.25) is 28.1 Å². The van der Waals surface area contributed by atoms with Crippen molar-refractivity contribution in [3.05, 3.63) is 96.2 Å². The number of rotatable bonds is 5. The van der Waals surface area contributed by atoms with Crippen molar-refractivity contribution in [1.29, 1.82) is 0 Å². The lowest BCUT2D eigenvalue weighted by Crippen LogP contribution is -2.45. The van der Waals surface area contributed by atoms with Crippen LogP contribution in [0.4, 0.5) is 15.9 Å². The van der Waals surface area contributed by atoms with Crippen molar-refractivity contribution in [2.75, 3.05) is 4.90 Å². The highest BCUT2D eigenvalue weighted by Crippen LogP contribution is 2.39. The lowest BCUT2D eigenvalue weighted by molar-refractivity contribution is 0.0919. The number of amides is 1. The highest BCUT2D eigenvalue weighted by molar-refractivity contribution is 5.97. The maximum atomic E-state index is 15.7. The van der Waals surface area contributed by atoms with Gasteiger partial charge >= 0.3 is 5.69 Å². The molecule has 2 heterocycles. The molecule has 1 amide bonds. The molecule has 0 spiro atoms. The predicted octanol–water partition coefficient (Wildman–Crippen LogP) is 5.41. The number of halogens is 1. The molecule has 1 saturated carbocycles. The van der Waals surface area contributed by atoms with Gasteiger partial charge in [-0.25, -0.2) is 9.18 Å². The molecule has 0 aliphatic heterocycles. The van der Waals surface area contributed by atoms with Gasteiger partial charge in [0, 0.05) is 35.3 Å². The number of carbonyl (C=O) groups excluding carboxylic acids is 1. The molecule has 0 unspecified atom stereocenters. The molecule has 2 aromatic carbocycles. The first-order valence-corrected chi connectivity index (χ1v) is 14.8. The van der Waals surface area contributed by atoms with E-state index >= 15 is 4.39 Å². The van der Waals surface area contributed by atoms with Crippen LogP contribution in [0, 0.1) is 19.7 Å². The Morgan fingerprint density at radius 1 is 0.955 bits per heavy atom. The van der Waals surface area contributed by atoms with Crippen molar-refractivity contribution in [2.45, 2.75) is 85.4 Å². The minimum absolute atomic E-state index is 0.121. The van der Waals surface area contributed by atoms with E-state index in [1.807, 2.05) is 41.5 Å². The van der Waals surface area contributed by atoms with E-state index in [4.69, 9.17) is 0 Å². The Hall–Kier alpha value is -4.47. The monoisotopic (exact) mass is 601 g/mol. The van der Waals surface area contributed by atoms with Crippen molar-refractivity contribution in [3.8, 4) is 5.69 Å². The second kappa shape index (κ2) is 10.6. The van der Waals surface area contributed by atoms with Gasteiger partial charge in [0.25, 0.3) is 17.0 Å². The zero-order valence-corrected chi connectivity index (χ0v) is 26.8. The van der Waals surface area contributed by atoms with E-state index in [0.717, 1.165) is 5.56 Å². The molecule has 0 saturated heterocycles. The van der Waals surface area contributed by atoms with Gasteiger partial charge in [0.1, 0.15) is 17.0 Å². The topological polar surface area (TPSA) is 98.3 Å². The molecule has 1 fully saturated rings. The zero-order valence-electron chi connectivity index (χ0n) is 26.8. The third-order valence-corrected chi connectivity index (χ3v) is 7.81. The normalized spacial score (nSPS) is 13.8. The number of carbonyl (C=O) groups is 1. The average Bonchev–Trinajstić information content (AvgIpc) is 3.74. The van der Waals surface area contributed by atoms with Crippen LogP contribution >= 0.6 is 0 Å². The molecule has 0 radical (unpaired) electrons. The summed E-state index contributed by atoms with van der Waals surface area (Å²) in [5.74, 6) is -0.649. The summed E-state index contributed by atoms with van der Waals surface area (Å²) in [6.07, 6.45) is 1.31. The van der Waals surface area contributed by atoms with E-state index < -0.39 is 33.7 Å². The van der Waals surface area contributed by atoms with Gasteiger partial charge < -0.3 is 10.2 Å². The van der Waals surface area contributed by atoms with Crippen molar-refractivity contribution in [1.82, 2.24) is 19.0 Å². The smallest absolute Gasteiger partial charge is 0.336 e. The van der Waals surface area contributed by atoms with Gasteiger partial charge in [-0.1, -0.05) is 12.1 Å². The first-order valence-electron chi connectivity index (χ1n) is 14.8. The lowest BCUT2D eigenvalue weighted by Gasteiger charge is -2.39. The third-order valence-electron chi connectivity index (χ3n) is 7.81. The summed E-state index contributed by atoms with van der Waals surface area (Å²) in [7, 11) is 1.56. The first kappa shape index (κ1) is 31.0. The Balaban J connectivity index is 1.96.